The fourth-order valence-electron chi connectivity index (χ4n) is 3.73. The fourth-order valence-corrected chi connectivity index (χ4v) is 3.98. The third-order valence-corrected chi connectivity index (χ3v) is 5.67. The van der Waals surface area contributed by atoms with Gasteiger partial charge in [-0.15, -0.1) is 0 Å². The van der Waals surface area contributed by atoms with E-state index in [1.54, 1.807) is 41.3 Å². The largest absolute Gasteiger partial charge is 0.495 e. The average Bonchev–Trinajstić information content (AvgIpc) is 3.08. The zero-order valence-electron chi connectivity index (χ0n) is 17.1. The van der Waals surface area contributed by atoms with E-state index in [0.717, 1.165) is 0 Å². The van der Waals surface area contributed by atoms with Gasteiger partial charge in [0.1, 0.15) is 5.75 Å². The molecule has 3 aromatic rings. The van der Waals surface area contributed by atoms with Gasteiger partial charge in [-0.25, -0.2) is 4.98 Å². The average molecular weight is 426 g/mol. The number of methoxy groups -OCH3 is 1. The van der Waals surface area contributed by atoms with E-state index in [-0.39, 0.29) is 5.91 Å². The predicted molar refractivity (Wildman–Crippen MR) is 122 cm³/mol. The molecular formula is C22H17B2ClN4O2. The Hall–Kier alpha value is -3.17. The first-order valence-electron chi connectivity index (χ1n) is 9.65. The molecule has 6 nitrogen and oxygen atoms in total. The molecular weight excluding hydrogens is 409 g/mol. The van der Waals surface area contributed by atoms with Crippen LogP contribution in [-0.2, 0) is 11.9 Å². The number of anilines is 1. The monoisotopic (exact) mass is 426 g/mol. The number of carbonyl (C=O) groups is 1. The highest BCUT2D eigenvalue weighted by Gasteiger charge is 2.34. The summed E-state index contributed by atoms with van der Waals surface area (Å²) >= 11 is 6.26. The minimum atomic E-state index is -1.57. The molecule has 0 atom stereocenters. The van der Waals surface area contributed by atoms with Gasteiger partial charge in [0.25, 0.3) is 5.91 Å². The summed E-state index contributed by atoms with van der Waals surface area (Å²) in [4.78, 5) is 19.4. The summed E-state index contributed by atoms with van der Waals surface area (Å²) < 4.78 is 5.19. The van der Waals surface area contributed by atoms with Gasteiger partial charge in [-0.1, -0.05) is 17.7 Å². The molecule has 4 radical (unpaired) electrons. The number of hydrogen-bond donors (Lipinski definition) is 1. The van der Waals surface area contributed by atoms with Crippen LogP contribution in [0.4, 0.5) is 5.69 Å². The number of nitrogens with zero attached hydrogens (tertiary/aromatic N) is 3. The molecule has 2 aromatic carbocycles. The highest BCUT2D eigenvalue weighted by molar-refractivity contribution is 6.42. The molecule has 1 amide bonds. The van der Waals surface area contributed by atoms with Gasteiger partial charge >= 0.3 is 0 Å². The molecule has 9 heteroatoms. The molecule has 0 unspecified atom stereocenters. The SMILES string of the molecule is [B]C([B])(Nc1c2c(nc3ccc(C#N)cc13)CN(CC)C2=O)c1ccc(OC)c(Cl)c1. The number of rotatable bonds is 5. The first kappa shape index (κ1) is 21.1. The second kappa shape index (κ2) is 7.82. The highest BCUT2D eigenvalue weighted by atomic mass is 35.5. The maximum atomic E-state index is 13.1. The van der Waals surface area contributed by atoms with Crippen LogP contribution in [0.5, 0.6) is 5.75 Å². The highest BCUT2D eigenvalue weighted by Crippen LogP contribution is 2.38. The number of hydrogen-bond acceptors (Lipinski definition) is 5. The lowest BCUT2D eigenvalue weighted by molar-refractivity contribution is 0.0787. The lowest BCUT2D eigenvalue weighted by Crippen LogP contribution is -2.37. The first-order valence-corrected chi connectivity index (χ1v) is 10.0. The van der Waals surface area contributed by atoms with Crippen molar-refractivity contribution in [3.05, 3.63) is 63.8 Å². The summed E-state index contributed by atoms with van der Waals surface area (Å²) in [6, 6.07) is 12.2. The Morgan fingerprint density at radius 3 is 2.74 bits per heavy atom. The lowest BCUT2D eigenvalue weighted by Gasteiger charge is -2.31. The lowest BCUT2D eigenvalue weighted by atomic mass is 9.58. The molecule has 2 heterocycles. The van der Waals surface area contributed by atoms with Gasteiger partial charge in [-0.05, 0) is 48.2 Å². The van der Waals surface area contributed by atoms with Gasteiger partial charge < -0.3 is 15.0 Å². The Bertz CT molecular complexity index is 1260. The van der Waals surface area contributed by atoms with Crippen molar-refractivity contribution >= 4 is 49.8 Å². The minimum Gasteiger partial charge on any atom is -0.495 e. The van der Waals surface area contributed by atoms with E-state index in [0.29, 0.717) is 62.8 Å². The standard InChI is InChI=1S/C22H17B2ClN4O2/c1-3-29-11-17-19(21(29)30)20(14-8-12(10-26)4-6-16(14)27-17)28-22(23,24)13-5-7-18(31-2)15(25)9-13/h4-9H,3,11H2,1-2H3,(H,27,28). The normalized spacial score (nSPS) is 13.2. The molecule has 0 saturated carbocycles. The Morgan fingerprint density at radius 1 is 1.32 bits per heavy atom. The number of amides is 1. The van der Waals surface area contributed by atoms with Crippen molar-refractivity contribution in [2.75, 3.05) is 19.0 Å². The van der Waals surface area contributed by atoms with Gasteiger partial charge in [0.2, 0.25) is 0 Å². The van der Waals surface area contributed by atoms with Crippen LogP contribution in [0, 0.1) is 11.3 Å². The first-order chi connectivity index (χ1) is 14.8. The zero-order chi connectivity index (χ0) is 22.3. The van der Waals surface area contributed by atoms with Crippen LogP contribution in [0.25, 0.3) is 10.9 Å². The van der Waals surface area contributed by atoms with E-state index in [4.69, 9.17) is 32.0 Å². The van der Waals surface area contributed by atoms with Crippen LogP contribution in [0.1, 0.15) is 34.1 Å². The molecule has 1 aromatic heterocycles. The van der Waals surface area contributed by atoms with Crippen LogP contribution in [0.2, 0.25) is 5.02 Å². The smallest absolute Gasteiger partial charge is 0.258 e. The van der Waals surface area contributed by atoms with Crippen molar-refractivity contribution in [1.29, 1.82) is 5.26 Å². The third kappa shape index (κ3) is 3.60. The number of aromatic nitrogens is 1. The van der Waals surface area contributed by atoms with Gasteiger partial charge in [0.05, 0.1) is 68.5 Å². The molecule has 0 saturated heterocycles. The summed E-state index contributed by atoms with van der Waals surface area (Å²) in [6.07, 6.45) is 0. The predicted octanol–water partition coefficient (Wildman–Crippen LogP) is 3.30. The van der Waals surface area contributed by atoms with Crippen molar-refractivity contribution in [2.24, 2.45) is 0 Å². The molecule has 1 N–H and O–H groups in total. The number of carbonyl (C=O) groups excluding carboxylic acids is 1. The maximum absolute atomic E-state index is 13.1. The van der Waals surface area contributed by atoms with Gasteiger partial charge in [-0.2, -0.15) is 5.26 Å². The van der Waals surface area contributed by atoms with Crippen molar-refractivity contribution < 1.29 is 9.53 Å². The van der Waals surface area contributed by atoms with E-state index < -0.39 is 5.34 Å². The summed E-state index contributed by atoms with van der Waals surface area (Å²) in [5.41, 5.74) is 3.04. The third-order valence-electron chi connectivity index (χ3n) is 5.37. The number of nitriles is 1. The summed E-state index contributed by atoms with van der Waals surface area (Å²) in [6.45, 7) is 2.84. The molecule has 1 aliphatic heterocycles. The minimum absolute atomic E-state index is 0.166. The number of pyridine rings is 1. The molecule has 4 rings (SSSR count). The Labute approximate surface area is 188 Å². The second-order valence-corrected chi connectivity index (χ2v) is 7.72. The van der Waals surface area contributed by atoms with E-state index >= 15 is 0 Å². The molecule has 150 valence electrons. The van der Waals surface area contributed by atoms with Crippen molar-refractivity contribution in [2.45, 2.75) is 18.8 Å². The Kier molecular flexibility index (Phi) is 5.32. The van der Waals surface area contributed by atoms with Crippen molar-refractivity contribution in [1.82, 2.24) is 9.88 Å². The molecule has 0 spiro atoms. The zero-order valence-corrected chi connectivity index (χ0v) is 17.8. The fraction of sp³-hybridized carbons (Fsp3) is 0.227. The summed E-state index contributed by atoms with van der Waals surface area (Å²) in [7, 11) is 14.4. The summed E-state index contributed by atoms with van der Waals surface area (Å²) in [5.74, 6) is 0.323. The quantitative estimate of drug-likeness (QED) is 0.634. The number of nitrogens with one attached hydrogen (secondary N) is 1. The molecule has 0 aliphatic carbocycles. The van der Waals surface area contributed by atoms with E-state index in [1.807, 2.05) is 6.92 Å². The van der Waals surface area contributed by atoms with Crippen LogP contribution in [0.15, 0.2) is 36.4 Å². The van der Waals surface area contributed by atoms with E-state index in [1.165, 1.54) is 7.11 Å². The van der Waals surface area contributed by atoms with Crippen molar-refractivity contribution in [3.8, 4) is 11.8 Å². The van der Waals surface area contributed by atoms with Crippen LogP contribution in [0.3, 0.4) is 0 Å². The molecule has 1 aliphatic rings. The molecule has 0 bridgehead atoms. The van der Waals surface area contributed by atoms with Crippen molar-refractivity contribution in [3.63, 3.8) is 0 Å². The van der Waals surface area contributed by atoms with E-state index in [2.05, 4.69) is 16.4 Å². The number of halogens is 1. The van der Waals surface area contributed by atoms with E-state index in [9.17, 15) is 10.1 Å². The van der Waals surface area contributed by atoms with Gasteiger partial charge in [0.15, 0.2) is 0 Å². The topological polar surface area (TPSA) is 78.3 Å². The Morgan fingerprint density at radius 2 is 2.10 bits per heavy atom. The number of fused-ring (bicyclic) bond motifs is 2. The van der Waals surface area contributed by atoms with Crippen LogP contribution in [-0.4, -0.2) is 45.1 Å². The number of ether oxygens (including phenoxy) is 1. The second-order valence-electron chi connectivity index (χ2n) is 7.31. The maximum Gasteiger partial charge on any atom is 0.258 e. The Balaban J connectivity index is 1.90. The van der Waals surface area contributed by atoms with Gasteiger partial charge in [0, 0.05) is 11.9 Å². The molecule has 0 fully saturated rings. The summed E-state index contributed by atoms with van der Waals surface area (Å²) in [5, 5.41) is 11.9. The van der Waals surface area contributed by atoms with Crippen LogP contribution >= 0.6 is 11.6 Å². The van der Waals surface area contributed by atoms with Crippen LogP contribution < -0.4 is 10.1 Å². The van der Waals surface area contributed by atoms with Gasteiger partial charge in [-0.3, -0.25) is 4.79 Å². The number of benzene rings is 2. The molecule has 31 heavy (non-hydrogen) atoms.